The number of hydrogen-bond donors (Lipinski definition) is 1. The zero-order chi connectivity index (χ0) is 20.6. The number of nitrogens with one attached hydrogen (secondary N) is 1. The Labute approximate surface area is 177 Å². The summed E-state index contributed by atoms with van der Waals surface area (Å²) < 4.78 is 5.61. The van der Waals surface area contributed by atoms with Crippen molar-refractivity contribution in [3.8, 4) is 5.75 Å². The average molecular weight is 415 g/mol. The molecule has 1 aliphatic heterocycles. The Balaban J connectivity index is 1.34. The molecular formula is C23H27ClN2O3. The van der Waals surface area contributed by atoms with Crippen LogP contribution in [0.5, 0.6) is 5.75 Å². The summed E-state index contributed by atoms with van der Waals surface area (Å²) in [6.45, 7) is 3.77. The van der Waals surface area contributed by atoms with E-state index in [1.54, 1.807) is 6.07 Å². The van der Waals surface area contributed by atoms with Crippen molar-refractivity contribution < 1.29 is 14.3 Å². The molecule has 154 valence electrons. The third kappa shape index (κ3) is 6.23. The van der Waals surface area contributed by atoms with Crippen LogP contribution < -0.4 is 10.1 Å². The molecule has 0 saturated carbocycles. The highest BCUT2D eigenvalue weighted by Crippen LogP contribution is 2.23. The number of ether oxygens (including phenoxy) is 1. The lowest BCUT2D eigenvalue weighted by Crippen LogP contribution is -2.46. The SMILES string of the molecule is Cc1ccc(C(=O)N2CCC(NC(=O)CCCOc3ccccc3Cl)CC2)cc1. The van der Waals surface area contributed by atoms with Gasteiger partial charge in [0, 0.05) is 31.1 Å². The van der Waals surface area contributed by atoms with E-state index in [-0.39, 0.29) is 17.9 Å². The summed E-state index contributed by atoms with van der Waals surface area (Å²) in [5.74, 6) is 0.725. The van der Waals surface area contributed by atoms with Gasteiger partial charge in [0.15, 0.2) is 0 Å². The number of benzene rings is 2. The molecule has 0 atom stereocenters. The second-order valence-electron chi connectivity index (χ2n) is 7.38. The van der Waals surface area contributed by atoms with Gasteiger partial charge in [-0.2, -0.15) is 0 Å². The van der Waals surface area contributed by atoms with Crippen LogP contribution in [-0.4, -0.2) is 42.5 Å². The Kier molecular flexibility index (Phi) is 7.53. The summed E-state index contributed by atoms with van der Waals surface area (Å²) >= 11 is 6.04. The fourth-order valence-electron chi connectivity index (χ4n) is 3.38. The minimum Gasteiger partial charge on any atom is -0.492 e. The van der Waals surface area contributed by atoms with Gasteiger partial charge >= 0.3 is 0 Å². The lowest BCUT2D eigenvalue weighted by Gasteiger charge is -2.32. The third-order valence-electron chi connectivity index (χ3n) is 5.09. The number of likely N-dealkylation sites (tertiary alicyclic amines) is 1. The van der Waals surface area contributed by atoms with Crippen LogP contribution in [0.25, 0.3) is 0 Å². The van der Waals surface area contributed by atoms with Crippen LogP contribution in [-0.2, 0) is 4.79 Å². The van der Waals surface area contributed by atoms with Gasteiger partial charge in [-0.1, -0.05) is 41.4 Å². The van der Waals surface area contributed by atoms with Crippen LogP contribution in [0.1, 0.15) is 41.6 Å². The summed E-state index contributed by atoms with van der Waals surface area (Å²) in [5, 5.41) is 3.65. The van der Waals surface area contributed by atoms with Gasteiger partial charge < -0.3 is 15.0 Å². The van der Waals surface area contributed by atoms with Gasteiger partial charge in [0.1, 0.15) is 5.75 Å². The van der Waals surface area contributed by atoms with Gasteiger partial charge in [-0.05, 0) is 50.5 Å². The van der Waals surface area contributed by atoms with E-state index >= 15 is 0 Å². The van der Waals surface area contributed by atoms with Crippen LogP contribution in [0.4, 0.5) is 0 Å². The topological polar surface area (TPSA) is 58.6 Å². The normalized spacial score (nSPS) is 14.5. The summed E-state index contributed by atoms with van der Waals surface area (Å²) in [7, 11) is 0. The number of para-hydroxylation sites is 1. The molecule has 0 bridgehead atoms. The number of halogens is 1. The molecule has 1 heterocycles. The molecule has 6 heteroatoms. The summed E-state index contributed by atoms with van der Waals surface area (Å²) in [4.78, 5) is 26.6. The van der Waals surface area contributed by atoms with Crippen molar-refractivity contribution in [3.63, 3.8) is 0 Å². The molecule has 0 spiro atoms. The van der Waals surface area contributed by atoms with E-state index in [1.165, 1.54) is 0 Å². The Hall–Kier alpha value is -2.53. The maximum Gasteiger partial charge on any atom is 0.253 e. The minimum absolute atomic E-state index is 0.0241. The molecule has 1 saturated heterocycles. The van der Waals surface area contributed by atoms with E-state index in [0.29, 0.717) is 43.3 Å². The lowest BCUT2D eigenvalue weighted by atomic mass is 10.0. The van der Waals surface area contributed by atoms with Crippen LogP contribution in [0.15, 0.2) is 48.5 Å². The van der Waals surface area contributed by atoms with Crippen molar-refractivity contribution in [3.05, 3.63) is 64.7 Å². The van der Waals surface area contributed by atoms with E-state index < -0.39 is 0 Å². The molecule has 3 rings (SSSR count). The van der Waals surface area contributed by atoms with Gasteiger partial charge in [-0.3, -0.25) is 9.59 Å². The number of aryl methyl sites for hydroxylation is 1. The summed E-state index contributed by atoms with van der Waals surface area (Å²) in [6, 6.07) is 15.1. The Bertz CT molecular complexity index is 830. The Morgan fingerprint density at radius 2 is 1.79 bits per heavy atom. The van der Waals surface area contributed by atoms with Gasteiger partial charge in [-0.15, -0.1) is 0 Å². The molecule has 0 aliphatic carbocycles. The molecule has 29 heavy (non-hydrogen) atoms. The fraction of sp³-hybridized carbons (Fsp3) is 0.391. The molecule has 2 aromatic carbocycles. The second kappa shape index (κ2) is 10.3. The van der Waals surface area contributed by atoms with Crippen molar-refractivity contribution in [2.24, 2.45) is 0 Å². The number of hydrogen-bond acceptors (Lipinski definition) is 3. The Morgan fingerprint density at radius 3 is 2.48 bits per heavy atom. The fourth-order valence-corrected chi connectivity index (χ4v) is 3.57. The standard InChI is InChI=1S/C23H27ClN2O3/c1-17-8-10-18(11-9-17)23(28)26-14-12-19(13-15-26)25-22(27)7-4-16-29-21-6-3-2-5-20(21)24/h2-3,5-6,8-11,19H,4,7,12-16H2,1H3,(H,25,27). The monoisotopic (exact) mass is 414 g/mol. The first-order valence-electron chi connectivity index (χ1n) is 10.1. The average Bonchev–Trinajstić information content (AvgIpc) is 2.73. The van der Waals surface area contributed by atoms with Crippen molar-refractivity contribution in [1.29, 1.82) is 0 Å². The molecule has 1 N–H and O–H groups in total. The maximum absolute atomic E-state index is 12.6. The number of carbonyl (C=O) groups is 2. The lowest BCUT2D eigenvalue weighted by molar-refractivity contribution is -0.122. The van der Waals surface area contributed by atoms with Crippen molar-refractivity contribution >= 4 is 23.4 Å². The highest BCUT2D eigenvalue weighted by molar-refractivity contribution is 6.32. The number of nitrogens with zero attached hydrogens (tertiary/aromatic N) is 1. The van der Waals surface area contributed by atoms with Crippen molar-refractivity contribution in [2.75, 3.05) is 19.7 Å². The van der Waals surface area contributed by atoms with Crippen molar-refractivity contribution in [1.82, 2.24) is 10.2 Å². The van der Waals surface area contributed by atoms with Gasteiger partial charge in [0.05, 0.1) is 11.6 Å². The Morgan fingerprint density at radius 1 is 1.10 bits per heavy atom. The first-order chi connectivity index (χ1) is 14.0. The molecule has 0 unspecified atom stereocenters. The van der Waals surface area contributed by atoms with Gasteiger partial charge in [-0.25, -0.2) is 0 Å². The van der Waals surface area contributed by atoms with Crippen LogP contribution >= 0.6 is 11.6 Å². The van der Waals surface area contributed by atoms with Crippen LogP contribution in [0.2, 0.25) is 5.02 Å². The quantitative estimate of drug-likeness (QED) is 0.690. The molecule has 2 amide bonds. The van der Waals surface area contributed by atoms with Gasteiger partial charge in [0.2, 0.25) is 5.91 Å². The number of rotatable bonds is 7. The predicted octanol–water partition coefficient (Wildman–Crippen LogP) is 4.23. The molecule has 5 nitrogen and oxygen atoms in total. The molecule has 0 aromatic heterocycles. The van der Waals surface area contributed by atoms with E-state index in [9.17, 15) is 9.59 Å². The summed E-state index contributed by atoms with van der Waals surface area (Å²) in [6.07, 6.45) is 2.59. The van der Waals surface area contributed by atoms with Crippen LogP contribution in [0.3, 0.4) is 0 Å². The highest BCUT2D eigenvalue weighted by atomic mass is 35.5. The molecular weight excluding hydrogens is 388 g/mol. The van der Waals surface area contributed by atoms with Gasteiger partial charge in [0.25, 0.3) is 5.91 Å². The second-order valence-corrected chi connectivity index (χ2v) is 7.79. The van der Waals surface area contributed by atoms with Crippen molar-refractivity contribution in [2.45, 2.75) is 38.6 Å². The van der Waals surface area contributed by atoms with E-state index in [4.69, 9.17) is 16.3 Å². The zero-order valence-corrected chi connectivity index (χ0v) is 17.5. The first kappa shape index (κ1) is 21.2. The highest BCUT2D eigenvalue weighted by Gasteiger charge is 2.24. The summed E-state index contributed by atoms with van der Waals surface area (Å²) in [5.41, 5.74) is 1.86. The molecule has 2 aromatic rings. The van der Waals surface area contributed by atoms with E-state index in [0.717, 1.165) is 24.0 Å². The smallest absolute Gasteiger partial charge is 0.253 e. The van der Waals surface area contributed by atoms with E-state index in [2.05, 4.69) is 5.32 Å². The van der Waals surface area contributed by atoms with Crippen LogP contribution in [0, 0.1) is 6.92 Å². The predicted molar refractivity (Wildman–Crippen MR) is 114 cm³/mol. The number of amides is 2. The molecule has 0 radical (unpaired) electrons. The first-order valence-corrected chi connectivity index (χ1v) is 10.4. The maximum atomic E-state index is 12.6. The minimum atomic E-state index is 0.0241. The molecule has 1 fully saturated rings. The molecule has 1 aliphatic rings. The third-order valence-corrected chi connectivity index (χ3v) is 5.40. The largest absolute Gasteiger partial charge is 0.492 e. The zero-order valence-electron chi connectivity index (χ0n) is 16.7. The van der Waals surface area contributed by atoms with E-state index in [1.807, 2.05) is 54.3 Å². The number of carbonyl (C=O) groups excluding carboxylic acids is 2. The number of piperidine rings is 1.